The maximum absolute atomic E-state index is 11.8. The molecule has 0 aliphatic heterocycles. The zero-order chi connectivity index (χ0) is 13.1. The predicted octanol–water partition coefficient (Wildman–Crippen LogP) is 0.767. The van der Waals surface area contributed by atoms with Gasteiger partial charge in [0.1, 0.15) is 5.82 Å². The van der Waals surface area contributed by atoms with E-state index in [1.807, 2.05) is 0 Å². The van der Waals surface area contributed by atoms with E-state index in [1.54, 1.807) is 31.5 Å². The summed E-state index contributed by atoms with van der Waals surface area (Å²) in [6.07, 6.45) is 2.86. The van der Waals surface area contributed by atoms with E-state index in [2.05, 4.69) is 15.0 Å². The first-order chi connectivity index (χ1) is 8.58. The predicted molar refractivity (Wildman–Crippen MR) is 64.2 cm³/mol. The van der Waals surface area contributed by atoms with Gasteiger partial charge in [-0.3, -0.25) is 14.6 Å². The molecule has 0 amide bonds. The zero-order valence-electron chi connectivity index (χ0n) is 9.67. The number of aromatic nitrogens is 3. The molecule has 0 unspecified atom stereocenters. The minimum Gasteiger partial charge on any atom is -0.481 e. The number of nitrogens with zero attached hydrogens (tertiary/aromatic N) is 2. The van der Waals surface area contributed by atoms with E-state index in [0.717, 1.165) is 0 Å². The van der Waals surface area contributed by atoms with Crippen molar-refractivity contribution >= 4 is 5.97 Å². The van der Waals surface area contributed by atoms with Crippen molar-refractivity contribution in [2.24, 2.45) is 0 Å². The van der Waals surface area contributed by atoms with Crippen LogP contribution in [0.2, 0.25) is 0 Å². The molecule has 6 nitrogen and oxygen atoms in total. The largest absolute Gasteiger partial charge is 0.481 e. The van der Waals surface area contributed by atoms with Gasteiger partial charge in [0.25, 0.3) is 5.56 Å². The highest BCUT2D eigenvalue weighted by molar-refractivity contribution is 5.70. The maximum atomic E-state index is 11.8. The number of hydrogen-bond donors (Lipinski definition) is 2. The molecule has 0 saturated carbocycles. The Morgan fingerprint density at radius 2 is 2.28 bits per heavy atom. The first kappa shape index (κ1) is 12.0. The normalized spacial score (nSPS) is 10.3. The average molecular weight is 245 g/mol. The summed E-state index contributed by atoms with van der Waals surface area (Å²) in [6, 6.07) is 3.50. The number of aryl methyl sites for hydroxylation is 1. The number of H-pyrrole nitrogens is 1. The molecule has 2 aromatic heterocycles. The molecule has 0 aromatic carbocycles. The van der Waals surface area contributed by atoms with Crippen LogP contribution in [0.25, 0.3) is 11.4 Å². The Morgan fingerprint density at radius 3 is 2.83 bits per heavy atom. The van der Waals surface area contributed by atoms with Gasteiger partial charge in [0.15, 0.2) is 0 Å². The number of carboxylic acid groups (broad SMARTS) is 1. The van der Waals surface area contributed by atoms with Crippen LogP contribution in [-0.4, -0.2) is 26.0 Å². The third-order valence-electron chi connectivity index (χ3n) is 2.49. The summed E-state index contributed by atoms with van der Waals surface area (Å²) in [5.41, 5.74) is 0.846. The lowest BCUT2D eigenvalue weighted by molar-refractivity contribution is -0.136. The van der Waals surface area contributed by atoms with Crippen LogP contribution in [0.1, 0.15) is 11.3 Å². The van der Waals surface area contributed by atoms with Gasteiger partial charge in [-0.15, -0.1) is 0 Å². The van der Waals surface area contributed by atoms with Crippen molar-refractivity contribution < 1.29 is 9.90 Å². The van der Waals surface area contributed by atoms with E-state index in [4.69, 9.17) is 5.11 Å². The average Bonchev–Trinajstić information content (AvgIpc) is 2.34. The summed E-state index contributed by atoms with van der Waals surface area (Å²) in [6.45, 7) is 1.62. The molecule has 0 aliphatic carbocycles. The van der Waals surface area contributed by atoms with Gasteiger partial charge in [-0.05, 0) is 19.1 Å². The molecule has 92 valence electrons. The number of pyridine rings is 1. The quantitative estimate of drug-likeness (QED) is 0.832. The van der Waals surface area contributed by atoms with E-state index in [1.165, 1.54) is 0 Å². The Hall–Kier alpha value is -2.50. The fourth-order valence-corrected chi connectivity index (χ4v) is 1.61. The van der Waals surface area contributed by atoms with Gasteiger partial charge < -0.3 is 10.1 Å². The van der Waals surface area contributed by atoms with Gasteiger partial charge >= 0.3 is 5.97 Å². The van der Waals surface area contributed by atoms with Gasteiger partial charge in [0.05, 0.1) is 6.42 Å². The fourth-order valence-electron chi connectivity index (χ4n) is 1.61. The monoisotopic (exact) mass is 245 g/mol. The Bertz CT molecular complexity index is 635. The highest BCUT2D eigenvalue weighted by Gasteiger charge is 2.12. The molecular weight excluding hydrogens is 234 g/mol. The molecular formula is C12H11N3O3. The van der Waals surface area contributed by atoms with Crippen LogP contribution in [0.3, 0.4) is 0 Å². The summed E-state index contributed by atoms with van der Waals surface area (Å²) in [4.78, 5) is 33.1. The van der Waals surface area contributed by atoms with E-state index in [0.29, 0.717) is 17.1 Å². The Labute approximate surface area is 102 Å². The SMILES string of the molecule is Cc1nc(-c2cccnc2)[nH]c(=O)c1CC(=O)O. The van der Waals surface area contributed by atoms with Gasteiger partial charge in [-0.25, -0.2) is 4.98 Å². The molecule has 2 N–H and O–H groups in total. The minimum absolute atomic E-state index is 0.176. The first-order valence-corrected chi connectivity index (χ1v) is 5.30. The second-order valence-corrected chi connectivity index (χ2v) is 3.79. The number of carboxylic acids is 1. The van der Waals surface area contributed by atoms with E-state index in [-0.39, 0.29) is 12.0 Å². The van der Waals surface area contributed by atoms with Crippen molar-refractivity contribution in [3.05, 3.63) is 46.1 Å². The summed E-state index contributed by atoms with van der Waals surface area (Å²) in [5.74, 6) is -0.667. The van der Waals surface area contributed by atoms with Crippen molar-refractivity contribution in [3.8, 4) is 11.4 Å². The molecule has 0 radical (unpaired) electrons. The summed E-state index contributed by atoms with van der Waals surface area (Å²) >= 11 is 0. The minimum atomic E-state index is -1.06. The Morgan fingerprint density at radius 1 is 1.50 bits per heavy atom. The molecule has 6 heteroatoms. The third-order valence-corrected chi connectivity index (χ3v) is 2.49. The van der Waals surface area contributed by atoms with Crippen LogP contribution in [0.4, 0.5) is 0 Å². The molecule has 0 atom stereocenters. The van der Waals surface area contributed by atoms with Crippen molar-refractivity contribution in [1.29, 1.82) is 0 Å². The molecule has 2 aromatic rings. The molecule has 0 saturated heterocycles. The number of aromatic amines is 1. The maximum Gasteiger partial charge on any atom is 0.308 e. The number of hydrogen-bond acceptors (Lipinski definition) is 4. The number of nitrogens with one attached hydrogen (secondary N) is 1. The Balaban J connectivity index is 2.49. The molecule has 0 aliphatic rings. The first-order valence-electron chi connectivity index (χ1n) is 5.30. The second kappa shape index (κ2) is 4.79. The second-order valence-electron chi connectivity index (χ2n) is 3.79. The smallest absolute Gasteiger partial charge is 0.308 e. The van der Waals surface area contributed by atoms with Crippen molar-refractivity contribution in [2.45, 2.75) is 13.3 Å². The summed E-state index contributed by atoms with van der Waals surface area (Å²) < 4.78 is 0. The summed E-state index contributed by atoms with van der Waals surface area (Å²) in [7, 11) is 0. The van der Waals surface area contributed by atoms with Crippen molar-refractivity contribution in [3.63, 3.8) is 0 Å². The topological polar surface area (TPSA) is 95.9 Å². The van der Waals surface area contributed by atoms with Crippen LogP contribution in [0, 0.1) is 6.92 Å². The van der Waals surface area contributed by atoms with Gasteiger partial charge in [0, 0.05) is 29.2 Å². The standard InChI is InChI=1S/C12H11N3O3/c1-7-9(5-10(16)17)12(18)15-11(14-7)8-3-2-4-13-6-8/h2-4,6H,5H2,1H3,(H,16,17)(H,14,15,18). The van der Waals surface area contributed by atoms with E-state index < -0.39 is 11.5 Å². The van der Waals surface area contributed by atoms with Crippen LogP contribution in [0.5, 0.6) is 0 Å². The van der Waals surface area contributed by atoms with E-state index in [9.17, 15) is 9.59 Å². The number of rotatable bonds is 3. The Kier molecular flexibility index (Phi) is 3.18. The highest BCUT2D eigenvalue weighted by atomic mass is 16.4. The number of carbonyl (C=O) groups is 1. The molecule has 18 heavy (non-hydrogen) atoms. The molecule has 0 fully saturated rings. The van der Waals surface area contributed by atoms with Crippen LogP contribution in [-0.2, 0) is 11.2 Å². The van der Waals surface area contributed by atoms with E-state index >= 15 is 0 Å². The van der Waals surface area contributed by atoms with Gasteiger partial charge in [-0.2, -0.15) is 0 Å². The van der Waals surface area contributed by atoms with Gasteiger partial charge in [-0.1, -0.05) is 0 Å². The lowest BCUT2D eigenvalue weighted by Gasteiger charge is -2.05. The molecule has 0 bridgehead atoms. The molecule has 0 spiro atoms. The lowest BCUT2D eigenvalue weighted by atomic mass is 10.1. The zero-order valence-corrected chi connectivity index (χ0v) is 9.67. The molecule has 2 heterocycles. The van der Waals surface area contributed by atoms with Crippen LogP contribution >= 0.6 is 0 Å². The fraction of sp³-hybridized carbons (Fsp3) is 0.167. The highest BCUT2D eigenvalue weighted by Crippen LogP contribution is 2.12. The van der Waals surface area contributed by atoms with Crippen LogP contribution in [0.15, 0.2) is 29.3 Å². The van der Waals surface area contributed by atoms with Crippen molar-refractivity contribution in [2.75, 3.05) is 0 Å². The van der Waals surface area contributed by atoms with Gasteiger partial charge in [0.2, 0.25) is 0 Å². The molecule has 2 rings (SSSR count). The third kappa shape index (κ3) is 2.42. The summed E-state index contributed by atoms with van der Waals surface area (Å²) in [5, 5.41) is 8.71. The van der Waals surface area contributed by atoms with Crippen molar-refractivity contribution in [1.82, 2.24) is 15.0 Å². The van der Waals surface area contributed by atoms with Crippen LogP contribution < -0.4 is 5.56 Å². The lowest BCUT2D eigenvalue weighted by Crippen LogP contribution is -2.20. The number of aliphatic carboxylic acids is 1.